The number of carbonyl (C=O) groups is 2. The molecule has 1 amide bonds. The molecular weight excluding hydrogens is 380 g/mol. The molecule has 28 heavy (non-hydrogen) atoms. The van der Waals surface area contributed by atoms with Gasteiger partial charge in [0.15, 0.2) is 0 Å². The number of thioether (sulfide) groups is 1. The highest BCUT2D eigenvalue weighted by atomic mass is 32.2. The fourth-order valence-electron chi connectivity index (χ4n) is 3.18. The Kier molecular flexibility index (Phi) is 4.68. The number of carbonyl (C=O) groups excluding carboxylic acids is 2. The molecular formula is C19H18N4O4S. The van der Waals surface area contributed by atoms with Crippen LogP contribution in [0.4, 0.5) is 0 Å². The Morgan fingerprint density at radius 1 is 1.32 bits per heavy atom. The number of methoxy groups -OCH3 is 1. The molecule has 4 rings (SSSR count). The zero-order valence-electron chi connectivity index (χ0n) is 15.6. The SMILES string of the molecule is COc1ccc(COC(=O)C2=C(C)S[C@@H]3C(=C(C)c4cn[nH]n4)C(=O)N23)cc1. The largest absolute Gasteiger partial charge is 0.497 e. The van der Waals surface area contributed by atoms with E-state index in [2.05, 4.69) is 15.4 Å². The van der Waals surface area contributed by atoms with Crippen LogP contribution in [0.25, 0.3) is 5.57 Å². The number of amides is 1. The lowest BCUT2D eigenvalue weighted by atomic mass is 9.97. The lowest BCUT2D eigenvalue weighted by molar-refractivity contribution is -0.146. The van der Waals surface area contributed by atoms with Gasteiger partial charge in [0, 0.05) is 4.91 Å². The van der Waals surface area contributed by atoms with E-state index in [4.69, 9.17) is 9.47 Å². The number of allylic oxidation sites excluding steroid dienone is 2. The number of nitrogens with zero attached hydrogens (tertiary/aromatic N) is 3. The molecule has 2 aromatic rings. The first-order valence-electron chi connectivity index (χ1n) is 8.59. The fraction of sp³-hybridized carbons (Fsp3) is 0.263. The molecule has 0 aliphatic carbocycles. The van der Waals surface area contributed by atoms with Crippen LogP contribution < -0.4 is 4.74 Å². The quantitative estimate of drug-likeness (QED) is 0.469. The lowest BCUT2D eigenvalue weighted by Crippen LogP contribution is -2.51. The molecule has 0 radical (unpaired) electrons. The number of benzene rings is 1. The van der Waals surface area contributed by atoms with E-state index in [0.29, 0.717) is 17.0 Å². The van der Waals surface area contributed by atoms with Crippen molar-refractivity contribution in [3.8, 4) is 5.75 Å². The summed E-state index contributed by atoms with van der Waals surface area (Å²) in [6, 6.07) is 7.27. The molecule has 0 bridgehead atoms. The molecule has 0 spiro atoms. The van der Waals surface area contributed by atoms with Crippen LogP contribution in [0.5, 0.6) is 5.75 Å². The maximum atomic E-state index is 12.7. The summed E-state index contributed by atoms with van der Waals surface area (Å²) in [4.78, 5) is 27.6. The molecule has 1 saturated heterocycles. The van der Waals surface area contributed by atoms with E-state index in [1.807, 2.05) is 26.0 Å². The van der Waals surface area contributed by atoms with Crippen molar-refractivity contribution in [1.82, 2.24) is 20.3 Å². The minimum absolute atomic E-state index is 0.123. The van der Waals surface area contributed by atoms with Crippen molar-refractivity contribution in [2.24, 2.45) is 0 Å². The third kappa shape index (κ3) is 2.97. The van der Waals surface area contributed by atoms with Crippen LogP contribution in [0.2, 0.25) is 0 Å². The summed E-state index contributed by atoms with van der Waals surface area (Å²) in [5.74, 6) is 0.0256. The molecule has 8 nitrogen and oxygen atoms in total. The van der Waals surface area contributed by atoms with Gasteiger partial charge < -0.3 is 9.47 Å². The van der Waals surface area contributed by atoms with Gasteiger partial charge in [-0.05, 0) is 37.1 Å². The van der Waals surface area contributed by atoms with E-state index in [1.165, 1.54) is 16.7 Å². The maximum absolute atomic E-state index is 12.7. The third-order valence-corrected chi connectivity index (χ3v) is 5.94. The van der Waals surface area contributed by atoms with Crippen LogP contribution in [0.15, 0.2) is 46.6 Å². The van der Waals surface area contributed by atoms with Crippen LogP contribution >= 0.6 is 11.8 Å². The van der Waals surface area contributed by atoms with Crippen LogP contribution in [-0.4, -0.2) is 44.7 Å². The number of nitrogens with one attached hydrogen (secondary N) is 1. The predicted molar refractivity (Wildman–Crippen MR) is 103 cm³/mol. The van der Waals surface area contributed by atoms with E-state index in [0.717, 1.165) is 21.8 Å². The number of β-lactam (4-membered cyclic amide) rings is 1. The number of aromatic nitrogens is 3. The second-order valence-electron chi connectivity index (χ2n) is 6.37. The van der Waals surface area contributed by atoms with Crippen LogP contribution in [-0.2, 0) is 20.9 Å². The van der Waals surface area contributed by atoms with E-state index in [-0.39, 0.29) is 17.9 Å². The molecule has 2 aliphatic heterocycles. The molecule has 0 unspecified atom stereocenters. The first kappa shape index (κ1) is 18.3. The zero-order valence-corrected chi connectivity index (χ0v) is 16.4. The Morgan fingerprint density at radius 3 is 2.71 bits per heavy atom. The van der Waals surface area contributed by atoms with Crippen LogP contribution in [0.1, 0.15) is 25.1 Å². The van der Waals surface area contributed by atoms with E-state index >= 15 is 0 Å². The molecule has 1 aromatic heterocycles. The van der Waals surface area contributed by atoms with Crippen molar-refractivity contribution in [3.05, 3.63) is 57.9 Å². The Hall–Kier alpha value is -3.07. The third-order valence-electron chi connectivity index (χ3n) is 4.72. The minimum Gasteiger partial charge on any atom is -0.497 e. The first-order valence-corrected chi connectivity index (χ1v) is 9.47. The smallest absolute Gasteiger partial charge is 0.356 e. The molecule has 1 atom stereocenters. The van der Waals surface area contributed by atoms with Gasteiger partial charge in [-0.3, -0.25) is 9.69 Å². The number of esters is 1. The minimum atomic E-state index is -0.505. The van der Waals surface area contributed by atoms with Crippen molar-refractivity contribution in [1.29, 1.82) is 0 Å². The summed E-state index contributed by atoms with van der Waals surface area (Å²) in [6.45, 7) is 3.78. The van der Waals surface area contributed by atoms with Gasteiger partial charge in [-0.1, -0.05) is 23.9 Å². The highest BCUT2D eigenvalue weighted by Crippen LogP contribution is 2.50. The van der Waals surface area contributed by atoms with E-state index < -0.39 is 5.97 Å². The zero-order chi connectivity index (χ0) is 19.8. The average molecular weight is 398 g/mol. The first-order chi connectivity index (χ1) is 13.5. The van der Waals surface area contributed by atoms with Gasteiger partial charge in [0.2, 0.25) is 0 Å². The molecule has 0 saturated carbocycles. The van der Waals surface area contributed by atoms with Gasteiger partial charge in [0.05, 0.1) is 18.9 Å². The Bertz CT molecular complexity index is 995. The Balaban J connectivity index is 1.47. The van der Waals surface area contributed by atoms with Crippen molar-refractivity contribution in [2.75, 3.05) is 7.11 Å². The average Bonchev–Trinajstić information content (AvgIpc) is 3.33. The van der Waals surface area contributed by atoms with Crippen molar-refractivity contribution in [3.63, 3.8) is 0 Å². The maximum Gasteiger partial charge on any atom is 0.356 e. The van der Waals surface area contributed by atoms with E-state index in [1.54, 1.807) is 25.4 Å². The Morgan fingerprint density at radius 2 is 2.07 bits per heavy atom. The lowest BCUT2D eigenvalue weighted by Gasteiger charge is -2.38. The Labute approximate surface area is 165 Å². The molecule has 1 fully saturated rings. The highest BCUT2D eigenvalue weighted by Gasteiger charge is 2.53. The fourth-order valence-corrected chi connectivity index (χ4v) is 4.51. The molecule has 9 heteroatoms. The number of rotatable bonds is 5. The van der Waals surface area contributed by atoms with Gasteiger partial charge in [-0.2, -0.15) is 15.4 Å². The number of H-pyrrole nitrogens is 1. The summed E-state index contributed by atoms with van der Waals surface area (Å²) < 4.78 is 10.6. The van der Waals surface area contributed by atoms with Crippen LogP contribution in [0, 0.1) is 0 Å². The van der Waals surface area contributed by atoms with Crippen LogP contribution in [0.3, 0.4) is 0 Å². The standard InChI is InChI=1S/C19H18N4O4S/c1-10(14-8-20-22-21-14)15-17(24)23-16(11(2)28-18(15)23)19(25)27-9-12-4-6-13(26-3)7-5-12/h4-8,18H,9H2,1-3H3,(H,20,21,22)/t18-/m1/s1. The molecule has 3 heterocycles. The predicted octanol–water partition coefficient (Wildman–Crippen LogP) is 2.48. The summed E-state index contributed by atoms with van der Waals surface area (Å²) >= 11 is 1.47. The molecule has 144 valence electrons. The summed E-state index contributed by atoms with van der Waals surface area (Å²) in [5, 5.41) is 10.1. The second kappa shape index (κ2) is 7.16. The highest BCUT2D eigenvalue weighted by molar-refractivity contribution is 8.04. The summed E-state index contributed by atoms with van der Waals surface area (Å²) in [5.41, 5.74) is 3.17. The summed E-state index contributed by atoms with van der Waals surface area (Å²) in [7, 11) is 1.59. The van der Waals surface area contributed by atoms with Gasteiger partial charge in [-0.15, -0.1) is 0 Å². The van der Waals surface area contributed by atoms with Crippen molar-refractivity contribution in [2.45, 2.75) is 25.8 Å². The van der Waals surface area contributed by atoms with Gasteiger partial charge in [0.1, 0.15) is 29.1 Å². The van der Waals surface area contributed by atoms with Gasteiger partial charge in [0.25, 0.3) is 5.91 Å². The number of hydrogen-bond acceptors (Lipinski definition) is 7. The monoisotopic (exact) mass is 398 g/mol. The van der Waals surface area contributed by atoms with E-state index in [9.17, 15) is 9.59 Å². The van der Waals surface area contributed by atoms with Crippen molar-refractivity contribution < 1.29 is 19.1 Å². The summed E-state index contributed by atoms with van der Waals surface area (Å²) in [6.07, 6.45) is 1.57. The number of ether oxygens (including phenoxy) is 2. The topological polar surface area (TPSA) is 97.4 Å². The van der Waals surface area contributed by atoms with Gasteiger partial charge in [-0.25, -0.2) is 4.79 Å². The molecule has 1 N–H and O–H groups in total. The van der Waals surface area contributed by atoms with Crippen molar-refractivity contribution >= 4 is 29.2 Å². The second-order valence-corrected chi connectivity index (χ2v) is 7.66. The number of aromatic amines is 1. The molecule has 1 aromatic carbocycles. The normalized spacial score (nSPS) is 20.0. The molecule has 2 aliphatic rings. The number of hydrogen-bond donors (Lipinski definition) is 1. The van der Waals surface area contributed by atoms with Gasteiger partial charge >= 0.3 is 5.97 Å². The number of fused-ring (bicyclic) bond motifs is 1.